The van der Waals surface area contributed by atoms with Crippen molar-refractivity contribution in [2.24, 2.45) is 5.92 Å². The first-order valence-electron chi connectivity index (χ1n) is 9.48. The summed E-state index contributed by atoms with van der Waals surface area (Å²) in [5.74, 6) is 1.30. The van der Waals surface area contributed by atoms with Crippen LogP contribution >= 0.6 is 0 Å². The molecule has 2 atom stereocenters. The Morgan fingerprint density at radius 3 is 2.69 bits per heavy atom. The van der Waals surface area contributed by atoms with Gasteiger partial charge < -0.3 is 4.90 Å². The van der Waals surface area contributed by atoms with Crippen molar-refractivity contribution >= 4 is 5.69 Å². The molecule has 0 spiro atoms. The van der Waals surface area contributed by atoms with Crippen LogP contribution in [0, 0.1) is 18.7 Å². The molecule has 4 nitrogen and oxygen atoms in total. The summed E-state index contributed by atoms with van der Waals surface area (Å²) in [4.78, 5) is 13.8. The van der Waals surface area contributed by atoms with Crippen LogP contribution in [-0.2, 0) is 6.54 Å². The Hall–Kier alpha value is -2.01. The zero-order chi connectivity index (χ0) is 18.3. The first-order valence-corrected chi connectivity index (χ1v) is 9.48. The topological polar surface area (TPSA) is 32.3 Å². The van der Waals surface area contributed by atoms with Crippen molar-refractivity contribution in [3.8, 4) is 0 Å². The Bertz CT molecular complexity index is 774. The first kappa shape index (κ1) is 17.4. The maximum atomic E-state index is 13.4. The van der Waals surface area contributed by atoms with Gasteiger partial charge in [-0.3, -0.25) is 4.90 Å². The van der Waals surface area contributed by atoms with Crippen LogP contribution in [0.15, 0.2) is 36.5 Å². The minimum Gasteiger partial charge on any atom is -0.363 e. The van der Waals surface area contributed by atoms with Crippen LogP contribution < -0.4 is 4.90 Å². The number of anilines is 1. The van der Waals surface area contributed by atoms with Crippen LogP contribution in [0.2, 0.25) is 0 Å². The van der Waals surface area contributed by atoms with Crippen molar-refractivity contribution in [2.75, 3.05) is 18.0 Å². The summed E-state index contributed by atoms with van der Waals surface area (Å²) in [6.07, 6.45) is 4.14. The second-order valence-corrected chi connectivity index (χ2v) is 8.31. The largest absolute Gasteiger partial charge is 0.363 e. The Labute approximate surface area is 155 Å². The lowest BCUT2D eigenvalue weighted by Crippen LogP contribution is -2.48. The van der Waals surface area contributed by atoms with E-state index in [9.17, 15) is 4.39 Å². The van der Waals surface area contributed by atoms with Crippen molar-refractivity contribution in [3.05, 3.63) is 53.9 Å². The smallest absolute Gasteiger partial charge is 0.125 e. The molecule has 5 heteroatoms. The van der Waals surface area contributed by atoms with Crippen molar-refractivity contribution in [3.63, 3.8) is 0 Å². The maximum absolute atomic E-state index is 13.4. The number of nitrogens with zero attached hydrogens (tertiary/aromatic N) is 4. The number of likely N-dealkylation sites (tertiary alicyclic amines) is 1. The number of halogens is 1. The summed E-state index contributed by atoms with van der Waals surface area (Å²) in [6, 6.07) is 9.54. The standard InChI is InChI=1S/C21H27FN4/c1-15-23-10-8-18(24-15)14-25-11-9-20-16(13-25)12-21(2,3)26(20)19-6-4-17(22)5-7-19/h4-8,10,16,20H,9,11-14H2,1-3H3/t16-,20+/m1/s1. The fourth-order valence-corrected chi connectivity index (χ4v) is 4.93. The summed E-state index contributed by atoms with van der Waals surface area (Å²) in [6.45, 7) is 9.62. The molecule has 1 aromatic carbocycles. The maximum Gasteiger partial charge on any atom is 0.125 e. The second kappa shape index (κ2) is 6.62. The summed E-state index contributed by atoms with van der Waals surface area (Å²) in [5.41, 5.74) is 2.33. The molecule has 3 heterocycles. The summed E-state index contributed by atoms with van der Waals surface area (Å²) >= 11 is 0. The molecular weight excluding hydrogens is 327 g/mol. The fraction of sp³-hybridized carbons (Fsp3) is 0.524. The van der Waals surface area contributed by atoms with Crippen LogP contribution in [0.1, 0.15) is 38.2 Å². The third-order valence-corrected chi connectivity index (χ3v) is 5.85. The van der Waals surface area contributed by atoms with E-state index in [4.69, 9.17) is 0 Å². The number of hydrogen-bond donors (Lipinski definition) is 0. The highest BCUT2D eigenvalue weighted by molar-refractivity contribution is 5.52. The van der Waals surface area contributed by atoms with Crippen molar-refractivity contribution in [1.82, 2.24) is 14.9 Å². The molecule has 0 amide bonds. The number of benzene rings is 1. The van der Waals surface area contributed by atoms with Crippen LogP contribution in [-0.4, -0.2) is 39.5 Å². The number of fused-ring (bicyclic) bond motifs is 1. The van der Waals surface area contributed by atoms with Crippen molar-refractivity contribution < 1.29 is 4.39 Å². The zero-order valence-corrected chi connectivity index (χ0v) is 15.8. The minimum atomic E-state index is -0.169. The number of rotatable bonds is 3. The molecular formula is C21H27FN4. The normalized spacial score (nSPS) is 25.3. The first-order chi connectivity index (χ1) is 12.4. The van der Waals surface area contributed by atoms with E-state index in [-0.39, 0.29) is 11.4 Å². The van der Waals surface area contributed by atoms with Gasteiger partial charge in [0.05, 0.1) is 5.69 Å². The predicted molar refractivity (Wildman–Crippen MR) is 102 cm³/mol. The SMILES string of the molecule is Cc1nccc(CN2CC[C@H]3[C@@H](C2)CC(C)(C)N3c2ccc(F)cc2)n1. The van der Waals surface area contributed by atoms with Crippen molar-refractivity contribution in [1.29, 1.82) is 0 Å². The lowest BCUT2D eigenvalue weighted by atomic mass is 9.89. The van der Waals surface area contributed by atoms with Crippen LogP contribution in [0.25, 0.3) is 0 Å². The highest BCUT2D eigenvalue weighted by Gasteiger charge is 2.47. The predicted octanol–water partition coefficient (Wildman–Crippen LogP) is 3.80. The van der Waals surface area contributed by atoms with E-state index in [0.717, 1.165) is 49.7 Å². The average Bonchev–Trinajstić information content (AvgIpc) is 2.85. The van der Waals surface area contributed by atoms with E-state index in [1.807, 2.05) is 31.3 Å². The van der Waals surface area contributed by atoms with E-state index in [1.54, 1.807) is 12.1 Å². The molecule has 2 aliphatic heterocycles. The highest BCUT2D eigenvalue weighted by atomic mass is 19.1. The zero-order valence-electron chi connectivity index (χ0n) is 15.8. The molecule has 0 N–H and O–H groups in total. The second-order valence-electron chi connectivity index (χ2n) is 8.31. The Balaban J connectivity index is 1.50. The Kier molecular flexibility index (Phi) is 4.43. The van der Waals surface area contributed by atoms with Gasteiger partial charge >= 0.3 is 0 Å². The summed E-state index contributed by atoms with van der Waals surface area (Å²) in [7, 11) is 0. The number of hydrogen-bond acceptors (Lipinski definition) is 4. The fourth-order valence-electron chi connectivity index (χ4n) is 4.93. The van der Waals surface area contributed by atoms with Gasteiger partial charge in [-0.2, -0.15) is 0 Å². The molecule has 26 heavy (non-hydrogen) atoms. The molecule has 4 rings (SSSR count). The van der Waals surface area contributed by atoms with E-state index in [2.05, 4.69) is 33.6 Å². The van der Waals surface area contributed by atoms with Gasteiger partial charge in [-0.1, -0.05) is 0 Å². The van der Waals surface area contributed by atoms with Gasteiger partial charge in [0.2, 0.25) is 0 Å². The number of aryl methyl sites for hydroxylation is 1. The molecule has 0 unspecified atom stereocenters. The van der Waals surface area contributed by atoms with E-state index >= 15 is 0 Å². The summed E-state index contributed by atoms with van der Waals surface area (Å²) < 4.78 is 13.4. The quantitative estimate of drug-likeness (QED) is 0.839. The summed E-state index contributed by atoms with van der Waals surface area (Å²) in [5, 5.41) is 0. The lowest BCUT2D eigenvalue weighted by molar-refractivity contribution is 0.159. The number of aromatic nitrogens is 2. The van der Waals surface area contributed by atoms with Gasteiger partial charge in [0.15, 0.2) is 0 Å². The molecule has 2 fully saturated rings. The molecule has 0 bridgehead atoms. The average molecular weight is 354 g/mol. The highest BCUT2D eigenvalue weighted by Crippen LogP contribution is 2.44. The van der Waals surface area contributed by atoms with Crippen LogP contribution in [0.4, 0.5) is 10.1 Å². The lowest BCUT2D eigenvalue weighted by Gasteiger charge is -2.41. The van der Waals surface area contributed by atoms with Crippen LogP contribution in [0.3, 0.4) is 0 Å². The molecule has 1 aromatic heterocycles. The van der Waals surface area contributed by atoms with Gasteiger partial charge in [-0.15, -0.1) is 0 Å². The third kappa shape index (κ3) is 3.32. The van der Waals surface area contributed by atoms with Gasteiger partial charge in [0.25, 0.3) is 0 Å². The Morgan fingerprint density at radius 2 is 1.96 bits per heavy atom. The molecule has 2 saturated heterocycles. The van der Waals surface area contributed by atoms with Gasteiger partial charge in [-0.05, 0) is 69.9 Å². The molecule has 138 valence electrons. The molecule has 0 aliphatic carbocycles. The van der Waals surface area contributed by atoms with Crippen molar-refractivity contribution in [2.45, 2.75) is 51.7 Å². The van der Waals surface area contributed by atoms with Crippen LogP contribution in [0.5, 0.6) is 0 Å². The molecule has 2 aromatic rings. The van der Waals surface area contributed by atoms with E-state index in [1.165, 1.54) is 0 Å². The molecule has 2 aliphatic rings. The van der Waals surface area contributed by atoms with E-state index in [0.29, 0.717) is 12.0 Å². The molecule has 0 radical (unpaired) electrons. The van der Waals surface area contributed by atoms with Gasteiger partial charge in [0.1, 0.15) is 11.6 Å². The monoisotopic (exact) mass is 354 g/mol. The number of piperidine rings is 1. The van der Waals surface area contributed by atoms with E-state index < -0.39 is 0 Å². The van der Waals surface area contributed by atoms with Gasteiger partial charge in [0, 0.05) is 43.1 Å². The minimum absolute atomic E-state index is 0.0919. The third-order valence-electron chi connectivity index (χ3n) is 5.85. The van der Waals surface area contributed by atoms with Gasteiger partial charge in [-0.25, -0.2) is 14.4 Å². The Morgan fingerprint density at radius 1 is 1.19 bits per heavy atom. The molecule has 0 saturated carbocycles.